The molecule has 0 saturated carbocycles. The van der Waals surface area contributed by atoms with Gasteiger partial charge in [-0.15, -0.1) is 0 Å². The topological polar surface area (TPSA) is 140 Å². The first kappa shape index (κ1) is 30.6. The molecule has 3 aliphatic rings. The highest BCUT2D eigenvalue weighted by Crippen LogP contribution is 2.30. The van der Waals surface area contributed by atoms with E-state index in [4.69, 9.17) is 9.47 Å². The number of ether oxygens (including phenoxy) is 2. The molecule has 1 aromatic heterocycles. The number of aromatic nitrogens is 3. The van der Waals surface area contributed by atoms with Crippen LogP contribution >= 0.6 is 0 Å². The summed E-state index contributed by atoms with van der Waals surface area (Å²) in [6.07, 6.45) is -1.89. The summed E-state index contributed by atoms with van der Waals surface area (Å²) in [5.41, 5.74) is 2.79. The molecule has 3 fully saturated rings. The number of aliphatic hydroxyl groups excluding tert-OH is 1. The third kappa shape index (κ3) is 6.83. The second-order valence-electron chi connectivity index (χ2n) is 11.8. The Bertz CT molecular complexity index is 1540. The number of hydrogen-bond acceptors (Lipinski definition) is 11. The van der Waals surface area contributed by atoms with Gasteiger partial charge < -0.3 is 29.7 Å². The molecule has 2 aromatic carbocycles. The zero-order valence-corrected chi connectivity index (χ0v) is 25.3. The summed E-state index contributed by atoms with van der Waals surface area (Å²) >= 11 is 0. The van der Waals surface area contributed by atoms with Crippen molar-refractivity contribution >= 4 is 23.2 Å². The Morgan fingerprint density at radius 3 is 2.58 bits per heavy atom. The smallest absolute Gasteiger partial charge is 0.251 e. The first-order valence-corrected chi connectivity index (χ1v) is 15.3. The summed E-state index contributed by atoms with van der Waals surface area (Å²) in [6, 6.07) is 15.4. The third-order valence-corrected chi connectivity index (χ3v) is 8.67. The summed E-state index contributed by atoms with van der Waals surface area (Å²) < 4.78 is 26.3. The highest BCUT2D eigenvalue weighted by atomic mass is 19.1. The van der Waals surface area contributed by atoms with Crippen molar-refractivity contribution in [3.63, 3.8) is 0 Å². The number of nitrogens with zero attached hydrogens (tertiary/aromatic N) is 7. The van der Waals surface area contributed by atoms with E-state index < -0.39 is 24.3 Å². The lowest BCUT2D eigenvalue weighted by atomic mass is 9.98. The summed E-state index contributed by atoms with van der Waals surface area (Å²) in [4.78, 5) is 31.5. The van der Waals surface area contributed by atoms with Gasteiger partial charge in [0.25, 0.3) is 5.91 Å². The van der Waals surface area contributed by atoms with Crippen molar-refractivity contribution in [2.24, 2.45) is 0 Å². The largest absolute Gasteiger partial charge is 0.486 e. The van der Waals surface area contributed by atoms with Crippen LogP contribution in [0, 0.1) is 11.3 Å². The average Bonchev–Trinajstić information content (AvgIpc) is 3.02. The number of carbonyl (C=O) groups excluding carboxylic acids is 1. The molecule has 2 N–H and O–H groups in total. The monoisotopic (exact) mass is 616 g/mol. The number of nitriles is 1. The number of amides is 1. The fraction of sp³-hybridized carbons (Fsp3) is 0.469. The molecule has 12 nitrogen and oxygen atoms in total. The van der Waals surface area contributed by atoms with Crippen LogP contribution in [0.2, 0.25) is 0 Å². The van der Waals surface area contributed by atoms with Gasteiger partial charge >= 0.3 is 0 Å². The molecule has 3 aliphatic heterocycles. The van der Waals surface area contributed by atoms with Gasteiger partial charge in [-0.25, -0.2) is 14.4 Å². The quantitative estimate of drug-likeness (QED) is 0.386. The Hall–Kier alpha value is -4.38. The number of hydrogen-bond donors (Lipinski definition) is 2. The Kier molecular flexibility index (Phi) is 9.07. The van der Waals surface area contributed by atoms with Gasteiger partial charge in [0, 0.05) is 55.6 Å². The molecule has 236 valence electrons. The molecule has 2 unspecified atom stereocenters. The van der Waals surface area contributed by atoms with E-state index >= 15 is 4.39 Å². The number of piperidine rings is 1. The van der Waals surface area contributed by atoms with Gasteiger partial charge in [0.2, 0.25) is 5.95 Å². The number of carbonyl (C=O) groups is 1. The van der Waals surface area contributed by atoms with Crippen LogP contribution in [-0.2, 0) is 9.53 Å². The van der Waals surface area contributed by atoms with Gasteiger partial charge in [0.05, 0.1) is 31.4 Å². The van der Waals surface area contributed by atoms with Crippen molar-refractivity contribution in [3.8, 4) is 23.2 Å². The second-order valence-corrected chi connectivity index (χ2v) is 11.8. The Morgan fingerprint density at radius 2 is 1.91 bits per heavy atom. The van der Waals surface area contributed by atoms with Gasteiger partial charge in [-0.2, -0.15) is 10.2 Å². The number of anilines is 3. The second kappa shape index (κ2) is 13.3. The Labute approximate surface area is 261 Å². The van der Waals surface area contributed by atoms with E-state index in [1.807, 2.05) is 12.1 Å². The van der Waals surface area contributed by atoms with Gasteiger partial charge in [0.1, 0.15) is 30.4 Å². The number of rotatable bonds is 8. The maximum absolute atomic E-state index is 15.0. The van der Waals surface area contributed by atoms with E-state index in [2.05, 4.69) is 48.3 Å². The van der Waals surface area contributed by atoms with E-state index in [-0.39, 0.29) is 30.3 Å². The van der Waals surface area contributed by atoms with Crippen molar-refractivity contribution in [3.05, 3.63) is 54.4 Å². The van der Waals surface area contributed by atoms with Gasteiger partial charge in [-0.3, -0.25) is 9.69 Å². The zero-order valence-electron chi connectivity index (χ0n) is 25.3. The summed E-state index contributed by atoms with van der Waals surface area (Å²) in [5, 5.41) is 22.7. The minimum atomic E-state index is -1.47. The first-order chi connectivity index (χ1) is 21.8. The van der Waals surface area contributed by atoms with Crippen LogP contribution in [0.25, 0.3) is 11.4 Å². The number of nitrogens with one attached hydrogen (secondary N) is 1. The van der Waals surface area contributed by atoms with E-state index in [0.717, 1.165) is 45.1 Å². The molecule has 6 rings (SSSR count). The Morgan fingerprint density at radius 1 is 1.16 bits per heavy atom. The van der Waals surface area contributed by atoms with Crippen molar-refractivity contribution in [1.29, 1.82) is 5.26 Å². The average molecular weight is 617 g/mol. The lowest BCUT2D eigenvalue weighted by Crippen LogP contribution is -2.56. The SMILES string of the molecule is CC(O)C(=O)N1C[C@@H](F)C(Oc2ccc(-c3ncnc(Nc4ccc(N5CCN(C6COC6)CC5)cc4)n3)cc2C#N)C[C@@H]1C. The summed E-state index contributed by atoms with van der Waals surface area (Å²) in [7, 11) is 0. The van der Waals surface area contributed by atoms with Gasteiger partial charge in [0.15, 0.2) is 12.0 Å². The van der Waals surface area contributed by atoms with Crippen LogP contribution < -0.4 is 15.0 Å². The van der Waals surface area contributed by atoms with Gasteiger partial charge in [-0.05, 0) is 56.3 Å². The lowest BCUT2D eigenvalue weighted by molar-refractivity contribution is -0.146. The molecule has 0 bridgehead atoms. The number of aliphatic hydroxyl groups is 1. The van der Waals surface area contributed by atoms with Crippen LogP contribution in [0.3, 0.4) is 0 Å². The van der Waals surface area contributed by atoms with Crippen molar-refractivity contribution in [2.75, 3.05) is 56.2 Å². The highest BCUT2D eigenvalue weighted by molar-refractivity contribution is 5.80. The third-order valence-electron chi connectivity index (χ3n) is 8.67. The predicted octanol–water partition coefficient (Wildman–Crippen LogP) is 2.76. The lowest BCUT2D eigenvalue weighted by Gasteiger charge is -2.43. The van der Waals surface area contributed by atoms with Crippen molar-refractivity contribution < 1.29 is 23.8 Å². The first-order valence-electron chi connectivity index (χ1n) is 15.3. The highest BCUT2D eigenvalue weighted by Gasteiger charge is 2.38. The number of benzene rings is 2. The molecule has 0 spiro atoms. The maximum Gasteiger partial charge on any atom is 0.251 e. The minimum absolute atomic E-state index is 0.188. The molecule has 4 atom stereocenters. The Balaban J connectivity index is 1.08. The van der Waals surface area contributed by atoms with Crippen LogP contribution in [0.4, 0.5) is 21.7 Å². The van der Waals surface area contributed by atoms with Gasteiger partial charge in [-0.1, -0.05) is 0 Å². The molecule has 3 saturated heterocycles. The number of likely N-dealkylation sites (tertiary alicyclic amines) is 1. The van der Waals surface area contributed by atoms with Crippen molar-refractivity contribution in [1.82, 2.24) is 24.8 Å². The molecular formula is C32H37FN8O4. The molecule has 45 heavy (non-hydrogen) atoms. The van der Waals surface area contributed by atoms with Crippen LogP contribution in [-0.4, -0.2) is 112 Å². The molecular weight excluding hydrogens is 579 g/mol. The van der Waals surface area contributed by atoms with E-state index in [1.54, 1.807) is 25.1 Å². The molecule has 0 radical (unpaired) electrons. The minimum Gasteiger partial charge on any atom is -0.486 e. The predicted molar refractivity (Wildman–Crippen MR) is 165 cm³/mol. The number of alkyl halides is 1. The maximum atomic E-state index is 15.0. The normalized spacial score (nSPS) is 23.1. The fourth-order valence-electron chi connectivity index (χ4n) is 5.95. The van der Waals surface area contributed by atoms with Crippen LogP contribution in [0.1, 0.15) is 25.8 Å². The molecule has 3 aromatic rings. The van der Waals surface area contributed by atoms with E-state index in [1.165, 1.54) is 23.8 Å². The van der Waals surface area contributed by atoms with Crippen molar-refractivity contribution in [2.45, 2.75) is 50.7 Å². The molecule has 1 amide bonds. The standard InChI is InChI=1S/C32H37FN8O4/c1-20-13-29(27(33)16-41(20)31(43)21(2)42)45-28-8-3-22(14-23(28)15-34)30-35-19-36-32(38-30)37-24-4-6-25(7-5-24)39-9-11-40(12-10-39)26-17-44-18-26/h3-8,14,19-21,26-27,29,42H,9-13,16-18H2,1-2H3,(H,35,36,37,38)/t20-,21?,27+,29?/m0/s1. The molecule has 13 heteroatoms. The summed E-state index contributed by atoms with van der Waals surface area (Å²) in [5.74, 6) is 0.445. The van der Waals surface area contributed by atoms with E-state index in [9.17, 15) is 15.2 Å². The zero-order chi connectivity index (χ0) is 31.5. The summed E-state index contributed by atoms with van der Waals surface area (Å²) in [6.45, 7) is 8.67. The van der Waals surface area contributed by atoms with Crippen LogP contribution in [0.15, 0.2) is 48.8 Å². The van der Waals surface area contributed by atoms with E-state index in [0.29, 0.717) is 23.4 Å². The molecule has 0 aliphatic carbocycles. The van der Waals surface area contributed by atoms with Crippen LogP contribution in [0.5, 0.6) is 5.75 Å². The fourth-order valence-corrected chi connectivity index (χ4v) is 5.95. The molecule has 4 heterocycles. The number of halogens is 1. The number of piperazine rings is 1.